The van der Waals surface area contributed by atoms with Crippen molar-refractivity contribution >= 4 is 27.8 Å². The van der Waals surface area contributed by atoms with Crippen LogP contribution in [0.3, 0.4) is 0 Å². The molecular weight excluding hydrogens is 759 g/mol. The molecule has 0 heterocycles. The molecule has 0 spiro atoms. The Bertz CT molecular complexity index is 3310. The fourth-order valence-corrected chi connectivity index (χ4v) is 11.1. The van der Waals surface area contributed by atoms with E-state index in [1.807, 2.05) is 0 Å². The molecule has 0 fully saturated rings. The first-order valence-corrected chi connectivity index (χ1v) is 22.1. The maximum Gasteiger partial charge on any atom is 0.0714 e. The van der Waals surface area contributed by atoms with Gasteiger partial charge in [0, 0.05) is 22.4 Å². The second-order valence-electron chi connectivity index (χ2n) is 17.6. The first kappa shape index (κ1) is 37.1. The molecular formula is C62H45N. The molecule has 0 amide bonds. The van der Waals surface area contributed by atoms with Gasteiger partial charge in [-0.05, 0) is 113 Å². The molecule has 0 unspecified atom stereocenters. The van der Waals surface area contributed by atoms with Gasteiger partial charge in [0.25, 0.3) is 0 Å². The molecule has 298 valence electrons. The van der Waals surface area contributed by atoms with Gasteiger partial charge in [0.05, 0.1) is 11.1 Å². The Morgan fingerprint density at radius 1 is 0.333 bits per heavy atom. The fourth-order valence-electron chi connectivity index (χ4n) is 11.1. The fraction of sp³-hybridized carbons (Fsp3) is 0.0645. The van der Waals surface area contributed by atoms with E-state index in [2.05, 4.69) is 255 Å². The third-order valence-corrected chi connectivity index (χ3v) is 14.0. The van der Waals surface area contributed by atoms with Crippen LogP contribution in [0.15, 0.2) is 237 Å². The quantitative estimate of drug-likeness (QED) is 0.155. The molecule has 0 N–H and O–H groups in total. The number of hydrogen-bond donors (Lipinski definition) is 0. The van der Waals surface area contributed by atoms with Crippen molar-refractivity contribution in [3.63, 3.8) is 0 Å². The van der Waals surface area contributed by atoms with Crippen LogP contribution in [0.2, 0.25) is 0 Å². The van der Waals surface area contributed by atoms with Gasteiger partial charge >= 0.3 is 0 Å². The second kappa shape index (κ2) is 14.4. The Kier molecular flexibility index (Phi) is 8.49. The van der Waals surface area contributed by atoms with Crippen LogP contribution in [-0.2, 0) is 10.8 Å². The van der Waals surface area contributed by atoms with Crippen molar-refractivity contribution in [3.8, 4) is 44.5 Å². The van der Waals surface area contributed by atoms with E-state index in [9.17, 15) is 0 Å². The van der Waals surface area contributed by atoms with Crippen LogP contribution in [0.1, 0.15) is 47.2 Å². The second-order valence-corrected chi connectivity index (χ2v) is 17.6. The third kappa shape index (κ3) is 5.56. The van der Waals surface area contributed by atoms with Crippen LogP contribution in [0.4, 0.5) is 17.1 Å². The summed E-state index contributed by atoms with van der Waals surface area (Å²) in [6.45, 7) is 4.75. The van der Waals surface area contributed by atoms with E-state index in [0.29, 0.717) is 0 Å². The largest absolute Gasteiger partial charge is 0.310 e. The minimum absolute atomic E-state index is 0.150. The van der Waals surface area contributed by atoms with Crippen LogP contribution in [-0.4, -0.2) is 0 Å². The standard InChI is InChI=1S/C62H45N/c1-61(2)54-29-16-14-27-51(54)52-40-38-48(41-57(52)61)63(47-36-33-43(34-37-47)50-39-35-42-19-12-13-26-49(42)59(50)44-20-6-3-7-21-44)58-32-18-31-56-60(58)53-28-15-17-30-55(53)62(56,45-22-8-4-9-23-45)46-24-10-5-11-25-46/h3-41H,1-2H3. The highest BCUT2D eigenvalue weighted by atomic mass is 15.1. The van der Waals surface area contributed by atoms with Crippen molar-refractivity contribution in [1.29, 1.82) is 0 Å². The molecule has 2 aliphatic rings. The first-order chi connectivity index (χ1) is 31.0. The minimum atomic E-state index is -0.508. The van der Waals surface area contributed by atoms with Gasteiger partial charge in [-0.2, -0.15) is 0 Å². The minimum Gasteiger partial charge on any atom is -0.310 e. The van der Waals surface area contributed by atoms with Crippen LogP contribution >= 0.6 is 0 Å². The van der Waals surface area contributed by atoms with Crippen LogP contribution < -0.4 is 4.90 Å². The van der Waals surface area contributed by atoms with Gasteiger partial charge in [0.15, 0.2) is 0 Å². The molecule has 2 aliphatic carbocycles. The van der Waals surface area contributed by atoms with Crippen molar-refractivity contribution in [2.24, 2.45) is 0 Å². The summed E-state index contributed by atoms with van der Waals surface area (Å²) < 4.78 is 0. The Morgan fingerprint density at radius 2 is 0.889 bits per heavy atom. The molecule has 0 aliphatic heterocycles. The van der Waals surface area contributed by atoms with Gasteiger partial charge < -0.3 is 4.90 Å². The number of benzene rings is 10. The van der Waals surface area contributed by atoms with Gasteiger partial charge in [0.2, 0.25) is 0 Å². The van der Waals surface area contributed by atoms with Crippen LogP contribution in [0.5, 0.6) is 0 Å². The lowest BCUT2D eigenvalue weighted by molar-refractivity contribution is 0.660. The highest BCUT2D eigenvalue weighted by Crippen LogP contribution is 2.60. The number of anilines is 3. The summed E-state index contributed by atoms with van der Waals surface area (Å²) in [4.78, 5) is 2.52. The molecule has 10 aromatic carbocycles. The average Bonchev–Trinajstić information content (AvgIpc) is 3.78. The van der Waals surface area contributed by atoms with Crippen molar-refractivity contribution in [1.82, 2.24) is 0 Å². The van der Waals surface area contributed by atoms with Crippen molar-refractivity contribution < 1.29 is 0 Å². The van der Waals surface area contributed by atoms with Crippen LogP contribution in [0.25, 0.3) is 55.3 Å². The average molecular weight is 804 g/mol. The topological polar surface area (TPSA) is 3.24 Å². The Balaban J connectivity index is 1.10. The van der Waals surface area contributed by atoms with Gasteiger partial charge in [-0.3, -0.25) is 0 Å². The molecule has 0 bridgehead atoms. The maximum atomic E-state index is 2.52. The zero-order valence-electron chi connectivity index (χ0n) is 35.5. The van der Waals surface area contributed by atoms with E-state index >= 15 is 0 Å². The highest BCUT2D eigenvalue weighted by molar-refractivity contribution is 6.04. The molecule has 10 aromatic rings. The van der Waals surface area contributed by atoms with Crippen molar-refractivity contribution in [3.05, 3.63) is 270 Å². The third-order valence-electron chi connectivity index (χ3n) is 14.0. The van der Waals surface area contributed by atoms with E-state index in [0.717, 1.165) is 17.1 Å². The predicted molar refractivity (Wildman–Crippen MR) is 264 cm³/mol. The smallest absolute Gasteiger partial charge is 0.0714 e. The molecule has 1 nitrogen and oxygen atoms in total. The molecule has 0 saturated heterocycles. The molecule has 0 radical (unpaired) electrons. The molecule has 63 heavy (non-hydrogen) atoms. The molecule has 12 rings (SSSR count). The summed E-state index contributed by atoms with van der Waals surface area (Å²) >= 11 is 0. The number of rotatable bonds is 7. The Labute approximate surface area is 370 Å². The Hall–Kier alpha value is -7.74. The summed E-state index contributed by atoms with van der Waals surface area (Å²) in [7, 11) is 0. The zero-order chi connectivity index (χ0) is 42.1. The summed E-state index contributed by atoms with van der Waals surface area (Å²) in [5.41, 5.74) is 20.6. The summed E-state index contributed by atoms with van der Waals surface area (Å²) in [5.74, 6) is 0. The number of nitrogens with zero attached hydrogens (tertiary/aromatic N) is 1. The lowest BCUT2D eigenvalue weighted by atomic mass is 9.68. The predicted octanol–water partition coefficient (Wildman–Crippen LogP) is 16.3. The maximum absolute atomic E-state index is 2.52. The summed E-state index contributed by atoms with van der Waals surface area (Å²) in [6.07, 6.45) is 0. The van der Waals surface area contributed by atoms with E-state index in [1.165, 1.54) is 88.7 Å². The van der Waals surface area contributed by atoms with Gasteiger partial charge in [-0.25, -0.2) is 0 Å². The lowest BCUT2D eigenvalue weighted by Crippen LogP contribution is -2.28. The lowest BCUT2D eigenvalue weighted by Gasteiger charge is -2.34. The highest BCUT2D eigenvalue weighted by Gasteiger charge is 2.47. The van der Waals surface area contributed by atoms with Gasteiger partial charge in [-0.15, -0.1) is 0 Å². The number of fused-ring (bicyclic) bond motifs is 7. The zero-order valence-corrected chi connectivity index (χ0v) is 35.5. The molecule has 0 saturated carbocycles. The molecule has 0 aromatic heterocycles. The van der Waals surface area contributed by atoms with E-state index in [1.54, 1.807) is 0 Å². The van der Waals surface area contributed by atoms with Crippen molar-refractivity contribution in [2.45, 2.75) is 24.7 Å². The van der Waals surface area contributed by atoms with Crippen molar-refractivity contribution in [2.75, 3.05) is 4.90 Å². The molecule has 1 heteroatoms. The van der Waals surface area contributed by atoms with E-state index in [-0.39, 0.29) is 5.41 Å². The summed E-state index contributed by atoms with van der Waals surface area (Å²) in [5, 5.41) is 2.50. The summed E-state index contributed by atoms with van der Waals surface area (Å²) in [6, 6.07) is 87.8. The van der Waals surface area contributed by atoms with E-state index in [4.69, 9.17) is 0 Å². The number of hydrogen-bond acceptors (Lipinski definition) is 1. The monoisotopic (exact) mass is 803 g/mol. The Morgan fingerprint density at radius 3 is 1.62 bits per heavy atom. The van der Waals surface area contributed by atoms with E-state index < -0.39 is 5.41 Å². The molecule has 0 atom stereocenters. The first-order valence-electron chi connectivity index (χ1n) is 22.1. The SMILES string of the molecule is CC1(C)c2ccccc2-c2ccc(N(c3ccc(-c4ccc5ccccc5c4-c4ccccc4)cc3)c3cccc4c3-c3ccccc3C4(c3ccccc3)c3ccccc3)cc21. The van der Waals surface area contributed by atoms with Gasteiger partial charge in [0.1, 0.15) is 0 Å². The van der Waals surface area contributed by atoms with Crippen LogP contribution in [0, 0.1) is 0 Å². The van der Waals surface area contributed by atoms with Gasteiger partial charge in [-0.1, -0.05) is 220 Å². The normalized spacial score (nSPS) is 13.8.